The third-order valence-electron chi connectivity index (χ3n) is 3.21. The molecule has 4 nitrogen and oxygen atoms in total. The van der Waals surface area contributed by atoms with Crippen LogP contribution in [0.2, 0.25) is 0 Å². The summed E-state index contributed by atoms with van der Waals surface area (Å²) in [4.78, 5) is 0. The monoisotopic (exact) mass is 250 g/mol. The molecule has 1 fully saturated rings. The smallest absolute Gasteiger partial charge is 0.0907 e. The number of rotatable bonds is 7. The molecule has 1 aliphatic rings. The maximum Gasteiger partial charge on any atom is 0.0907 e. The lowest BCUT2D eigenvalue weighted by Gasteiger charge is -2.21. The summed E-state index contributed by atoms with van der Waals surface area (Å²) in [6, 6.07) is 10.1. The van der Waals surface area contributed by atoms with Crippen molar-refractivity contribution in [3.05, 3.63) is 35.9 Å². The predicted molar refractivity (Wildman–Crippen MR) is 71.4 cm³/mol. The van der Waals surface area contributed by atoms with Crippen molar-refractivity contribution in [2.45, 2.75) is 18.6 Å². The number of aliphatic hydroxyl groups is 1. The van der Waals surface area contributed by atoms with Gasteiger partial charge in [0.05, 0.1) is 18.8 Å². The summed E-state index contributed by atoms with van der Waals surface area (Å²) in [6.45, 7) is 4.31. The zero-order valence-corrected chi connectivity index (χ0v) is 10.7. The summed E-state index contributed by atoms with van der Waals surface area (Å²) in [5.74, 6) is 0. The van der Waals surface area contributed by atoms with Crippen LogP contribution in [-0.4, -0.2) is 43.5 Å². The van der Waals surface area contributed by atoms with Crippen LogP contribution in [0.5, 0.6) is 0 Å². The fraction of sp³-hybridized carbons (Fsp3) is 0.571. The summed E-state index contributed by atoms with van der Waals surface area (Å²) >= 11 is 0. The Morgan fingerprint density at radius 1 is 1.33 bits per heavy atom. The largest absolute Gasteiger partial charge is 0.387 e. The van der Waals surface area contributed by atoms with Crippen LogP contribution in [-0.2, 0) is 11.3 Å². The van der Waals surface area contributed by atoms with Gasteiger partial charge in [-0.1, -0.05) is 30.3 Å². The fourth-order valence-corrected chi connectivity index (χ4v) is 2.11. The van der Waals surface area contributed by atoms with Crippen molar-refractivity contribution >= 4 is 0 Å². The van der Waals surface area contributed by atoms with Gasteiger partial charge in [0.2, 0.25) is 0 Å². The number of hydrogen-bond acceptors (Lipinski definition) is 4. The summed E-state index contributed by atoms with van der Waals surface area (Å²) in [5.41, 5.74) is 0.621. The van der Waals surface area contributed by atoms with Crippen LogP contribution in [0, 0.1) is 0 Å². The van der Waals surface area contributed by atoms with Crippen molar-refractivity contribution in [2.75, 3.05) is 32.8 Å². The van der Waals surface area contributed by atoms with E-state index in [0.717, 1.165) is 19.5 Å². The highest BCUT2D eigenvalue weighted by Gasteiger charge is 2.29. The molecular formula is C14H22N2O2. The van der Waals surface area contributed by atoms with Crippen LogP contribution in [0.25, 0.3) is 0 Å². The number of nitrogens with one attached hydrogen (secondary N) is 2. The molecule has 0 spiro atoms. The summed E-state index contributed by atoms with van der Waals surface area (Å²) in [6.07, 6.45) is 0.824. The Kier molecular flexibility index (Phi) is 5.13. The van der Waals surface area contributed by atoms with Gasteiger partial charge in [-0.3, -0.25) is 0 Å². The van der Waals surface area contributed by atoms with E-state index in [9.17, 15) is 5.11 Å². The molecule has 0 aromatic heterocycles. The van der Waals surface area contributed by atoms with E-state index in [1.54, 1.807) is 0 Å². The van der Waals surface area contributed by atoms with Gasteiger partial charge in [-0.2, -0.15) is 0 Å². The lowest BCUT2D eigenvalue weighted by Crippen LogP contribution is -2.43. The van der Waals surface area contributed by atoms with Gasteiger partial charge < -0.3 is 20.5 Å². The van der Waals surface area contributed by atoms with E-state index in [1.807, 2.05) is 18.2 Å². The lowest BCUT2D eigenvalue weighted by molar-refractivity contribution is 0.0565. The first-order valence-corrected chi connectivity index (χ1v) is 6.54. The Morgan fingerprint density at radius 2 is 2.17 bits per heavy atom. The SMILES string of the molecule is OC1(CNCCOCc2ccccc2)CCNC1. The second kappa shape index (κ2) is 6.85. The maximum atomic E-state index is 10.1. The highest BCUT2D eigenvalue weighted by molar-refractivity contribution is 5.13. The van der Waals surface area contributed by atoms with E-state index >= 15 is 0 Å². The third kappa shape index (κ3) is 4.38. The summed E-state index contributed by atoms with van der Waals surface area (Å²) in [7, 11) is 0. The zero-order valence-electron chi connectivity index (χ0n) is 10.7. The molecule has 1 aliphatic heterocycles. The average molecular weight is 250 g/mol. The number of β-amino-alcohol motifs (C(OH)–C–C–N with tert-alkyl or cyclic N) is 1. The van der Waals surface area contributed by atoms with Crippen molar-refractivity contribution in [1.82, 2.24) is 10.6 Å². The predicted octanol–water partition coefficient (Wildman–Crippen LogP) is 0.517. The Balaban J connectivity index is 1.51. The Hall–Kier alpha value is -0.940. The van der Waals surface area contributed by atoms with E-state index in [2.05, 4.69) is 22.8 Å². The van der Waals surface area contributed by atoms with Gasteiger partial charge in [0.15, 0.2) is 0 Å². The van der Waals surface area contributed by atoms with E-state index in [0.29, 0.717) is 26.3 Å². The van der Waals surface area contributed by atoms with E-state index in [-0.39, 0.29) is 0 Å². The second-order valence-electron chi connectivity index (χ2n) is 4.87. The lowest BCUT2D eigenvalue weighted by atomic mass is 10.0. The minimum Gasteiger partial charge on any atom is -0.387 e. The van der Waals surface area contributed by atoms with Crippen molar-refractivity contribution < 1.29 is 9.84 Å². The topological polar surface area (TPSA) is 53.5 Å². The molecule has 1 heterocycles. The van der Waals surface area contributed by atoms with Crippen LogP contribution in [0.4, 0.5) is 0 Å². The molecule has 1 unspecified atom stereocenters. The highest BCUT2D eigenvalue weighted by atomic mass is 16.5. The normalized spacial score (nSPS) is 23.4. The molecule has 0 radical (unpaired) electrons. The molecule has 0 bridgehead atoms. The standard InChI is InChI=1S/C14H22N2O2/c17-14(6-7-15-11-14)12-16-8-9-18-10-13-4-2-1-3-5-13/h1-5,15-17H,6-12H2. The molecule has 1 saturated heterocycles. The van der Waals surface area contributed by atoms with E-state index in [1.165, 1.54) is 5.56 Å². The maximum absolute atomic E-state index is 10.1. The first-order chi connectivity index (χ1) is 8.79. The Morgan fingerprint density at radius 3 is 2.89 bits per heavy atom. The highest BCUT2D eigenvalue weighted by Crippen LogP contribution is 2.12. The van der Waals surface area contributed by atoms with Gasteiger partial charge in [0.1, 0.15) is 0 Å². The number of benzene rings is 1. The van der Waals surface area contributed by atoms with Crippen molar-refractivity contribution in [3.8, 4) is 0 Å². The summed E-state index contributed by atoms with van der Waals surface area (Å²) in [5, 5.41) is 16.5. The fourth-order valence-electron chi connectivity index (χ4n) is 2.11. The molecule has 0 saturated carbocycles. The van der Waals surface area contributed by atoms with Crippen LogP contribution in [0.15, 0.2) is 30.3 Å². The molecular weight excluding hydrogens is 228 g/mol. The van der Waals surface area contributed by atoms with Crippen LogP contribution >= 0.6 is 0 Å². The van der Waals surface area contributed by atoms with Crippen molar-refractivity contribution in [1.29, 1.82) is 0 Å². The molecule has 2 rings (SSSR count). The molecule has 1 atom stereocenters. The molecule has 3 N–H and O–H groups in total. The molecule has 0 amide bonds. The van der Waals surface area contributed by atoms with E-state index < -0.39 is 5.60 Å². The Bertz CT molecular complexity index is 337. The van der Waals surface area contributed by atoms with Gasteiger partial charge in [0, 0.05) is 19.6 Å². The first kappa shape index (κ1) is 13.5. The van der Waals surface area contributed by atoms with Crippen molar-refractivity contribution in [2.24, 2.45) is 0 Å². The van der Waals surface area contributed by atoms with Gasteiger partial charge >= 0.3 is 0 Å². The van der Waals surface area contributed by atoms with Gasteiger partial charge in [-0.25, -0.2) is 0 Å². The number of ether oxygens (including phenoxy) is 1. The number of hydrogen-bond donors (Lipinski definition) is 3. The van der Waals surface area contributed by atoms with Gasteiger partial charge in [-0.15, -0.1) is 0 Å². The first-order valence-electron chi connectivity index (χ1n) is 6.54. The molecule has 100 valence electrons. The quantitative estimate of drug-likeness (QED) is 0.618. The second-order valence-corrected chi connectivity index (χ2v) is 4.87. The molecule has 1 aromatic rings. The van der Waals surface area contributed by atoms with Crippen LogP contribution in [0.3, 0.4) is 0 Å². The van der Waals surface area contributed by atoms with Crippen molar-refractivity contribution in [3.63, 3.8) is 0 Å². The Labute approximate surface area is 108 Å². The molecule has 1 aromatic carbocycles. The average Bonchev–Trinajstić information content (AvgIpc) is 2.82. The van der Waals surface area contributed by atoms with Gasteiger partial charge in [-0.05, 0) is 18.5 Å². The summed E-state index contributed by atoms with van der Waals surface area (Å²) < 4.78 is 5.56. The minimum absolute atomic E-state index is 0.570. The molecule has 18 heavy (non-hydrogen) atoms. The molecule has 0 aliphatic carbocycles. The van der Waals surface area contributed by atoms with E-state index in [4.69, 9.17) is 4.74 Å². The van der Waals surface area contributed by atoms with Crippen LogP contribution in [0.1, 0.15) is 12.0 Å². The van der Waals surface area contributed by atoms with Crippen LogP contribution < -0.4 is 10.6 Å². The molecule has 4 heteroatoms. The minimum atomic E-state index is -0.570. The third-order valence-corrected chi connectivity index (χ3v) is 3.21. The zero-order chi connectivity index (χ0) is 12.7. The van der Waals surface area contributed by atoms with Gasteiger partial charge in [0.25, 0.3) is 0 Å².